The van der Waals surface area contributed by atoms with Crippen LogP contribution in [0.15, 0.2) is 24.3 Å². The van der Waals surface area contributed by atoms with E-state index in [0.29, 0.717) is 12.8 Å². The van der Waals surface area contributed by atoms with Crippen LogP contribution in [-0.2, 0) is 17.4 Å². The number of aliphatic carboxylic acids is 1. The highest BCUT2D eigenvalue weighted by atomic mass is 19.4. The molecule has 2 atom stereocenters. The summed E-state index contributed by atoms with van der Waals surface area (Å²) in [5.74, 6) is -0.906. The molecule has 2 unspecified atom stereocenters. The SMILES string of the molecule is CCCC(NC(C)Cc1ccc(C(F)(F)F)cc1)C(=O)O. The van der Waals surface area contributed by atoms with Gasteiger partial charge in [-0.3, -0.25) is 4.79 Å². The Kier molecular flexibility index (Phi) is 6.20. The van der Waals surface area contributed by atoms with Gasteiger partial charge in [-0.2, -0.15) is 13.2 Å². The molecule has 118 valence electrons. The third-order valence-corrected chi connectivity index (χ3v) is 3.18. The molecule has 6 heteroatoms. The first-order valence-electron chi connectivity index (χ1n) is 6.89. The van der Waals surface area contributed by atoms with Gasteiger partial charge < -0.3 is 10.4 Å². The molecule has 2 N–H and O–H groups in total. The zero-order chi connectivity index (χ0) is 16.0. The molecule has 0 amide bonds. The van der Waals surface area contributed by atoms with Gasteiger partial charge in [0.1, 0.15) is 6.04 Å². The number of carboxylic acid groups (broad SMARTS) is 1. The molecule has 0 heterocycles. The summed E-state index contributed by atoms with van der Waals surface area (Å²) in [6.07, 6.45) is -2.59. The lowest BCUT2D eigenvalue weighted by Crippen LogP contribution is -2.42. The molecule has 1 aromatic rings. The fourth-order valence-electron chi connectivity index (χ4n) is 2.15. The average Bonchev–Trinajstić information content (AvgIpc) is 2.37. The third-order valence-electron chi connectivity index (χ3n) is 3.18. The molecular formula is C15H20F3NO2. The normalized spacial score (nSPS) is 14.7. The van der Waals surface area contributed by atoms with Crippen LogP contribution in [-0.4, -0.2) is 23.2 Å². The Morgan fingerprint density at radius 3 is 2.29 bits per heavy atom. The van der Waals surface area contributed by atoms with Gasteiger partial charge in [0.05, 0.1) is 5.56 Å². The Morgan fingerprint density at radius 2 is 1.86 bits per heavy atom. The van der Waals surface area contributed by atoms with Gasteiger partial charge in [0.15, 0.2) is 0 Å². The molecule has 0 radical (unpaired) electrons. The van der Waals surface area contributed by atoms with Gasteiger partial charge in [-0.1, -0.05) is 25.5 Å². The summed E-state index contributed by atoms with van der Waals surface area (Å²) in [6.45, 7) is 3.72. The first-order chi connectivity index (χ1) is 9.74. The van der Waals surface area contributed by atoms with Gasteiger partial charge in [0.25, 0.3) is 0 Å². The number of hydrogen-bond donors (Lipinski definition) is 2. The van der Waals surface area contributed by atoms with Crippen molar-refractivity contribution in [1.29, 1.82) is 0 Å². The van der Waals surface area contributed by atoms with Crippen LogP contribution in [0.3, 0.4) is 0 Å². The van der Waals surface area contributed by atoms with Crippen molar-refractivity contribution >= 4 is 5.97 Å². The minimum absolute atomic E-state index is 0.130. The highest BCUT2D eigenvalue weighted by molar-refractivity contribution is 5.73. The zero-order valence-electron chi connectivity index (χ0n) is 12.1. The van der Waals surface area contributed by atoms with Gasteiger partial charge in [0, 0.05) is 6.04 Å². The van der Waals surface area contributed by atoms with Crippen LogP contribution < -0.4 is 5.32 Å². The number of alkyl halides is 3. The van der Waals surface area contributed by atoms with E-state index in [4.69, 9.17) is 5.11 Å². The second kappa shape index (κ2) is 7.45. The van der Waals surface area contributed by atoms with E-state index in [0.717, 1.165) is 24.1 Å². The van der Waals surface area contributed by atoms with E-state index in [2.05, 4.69) is 5.32 Å². The van der Waals surface area contributed by atoms with Crippen LogP contribution in [0.5, 0.6) is 0 Å². The smallest absolute Gasteiger partial charge is 0.416 e. The fourth-order valence-corrected chi connectivity index (χ4v) is 2.15. The molecule has 0 aliphatic heterocycles. The van der Waals surface area contributed by atoms with E-state index in [-0.39, 0.29) is 6.04 Å². The summed E-state index contributed by atoms with van der Waals surface area (Å²) in [6, 6.07) is 4.19. The van der Waals surface area contributed by atoms with Crippen molar-refractivity contribution in [2.24, 2.45) is 0 Å². The molecule has 1 rings (SSSR count). The second-order valence-corrected chi connectivity index (χ2v) is 5.15. The Balaban J connectivity index is 2.62. The summed E-state index contributed by atoms with van der Waals surface area (Å²) in [4.78, 5) is 11.0. The summed E-state index contributed by atoms with van der Waals surface area (Å²) >= 11 is 0. The van der Waals surface area contributed by atoms with Crippen molar-refractivity contribution in [3.8, 4) is 0 Å². The van der Waals surface area contributed by atoms with Gasteiger partial charge in [0.2, 0.25) is 0 Å². The first-order valence-corrected chi connectivity index (χ1v) is 6.89. The van der Waals surface area contributed by atoms with E-state index in [1.54, 1.807) is 0 Å². The summed E-state index contributed by atoms with van der Waals surface area (Å²) in [7, 11) is 0. The summed E-state index contributed by atoms with van der Waals surface area (Å²) in [5, 5.41) is 12.0. The predicted molar refractivity (Wildman–Crippen MR) is 74.1 cm³/mol. The van der Waals surface area contributed by atoms with Crippen molar-refractivity contribution in [3.63, 3.8) is 0 Å². The first kappa shape index (κ1) is 17.5. The Bertz CT molecular complexity index is 457. The standard InChI is InChI=1S/C15H20F3NO2/c1-3-4-13(14(20)21)19-10(2)9-11-5-7-12(8-6-11)15(16,17)18/h5-8,10,13,19H,3-4,9H2,1-2H3,(H,20,21). The van der Waals surface area contributed by atoms with E-state index >= 15 is 0 Å². The molecule has 1 aromatic carbocycles. The van der Waals surface area contributed by atoms with Crippen LogP contribution in [0.2, 0.25) is 0 Å². The van der Waals surface area contributed by atoms with Crippen molar-refractivity contribution in [2.45, 2.75) is 51.4 Å². The quantitative estimate of drug-likeness (QED) is 0.811. The van der Waals surface area contributed by atoms with Gasteiger partial charge in [-0.05, 0) is 37.5 Å². The number of carbonyl (C=O) groups is 1. The van der Waals surface area contributed by atoms with Crippen LogP contribution in [0.25, 0.3) is 0 Å². The van der Waals surface area contributed by atoms with E-state index in [9.17, 15) is 18.0 Å². The predicted octanol–water partition coefficient (Wildman–Crippen LogP) is 3.48. The molecule has 21 heavy (non-hydrogen) atoms. The number of hydrogen-bond acceptors (Lipinski definition) is 2. The highest BCUT2D eigenvalue weighted by Crippen LogP contribution is 2.29. The highest BCUT2D eigenvalue weighted by Gasteiger charge is 2.30. The second-order valence-electron chi connectivity index (χ2n) is 5.15. The number of halogens is 3. The molecule has 0 aromatic heterocycles. The largest absolute Gasteiger partial charge is 0.480 e. The lowest BCUT2D eigenvalue weighted by Gasteiger charge is -2.20. The van der Waals surface area contributed by atoms with Crippen molar-refractivity contribution in [2.75, 3.05) is 0 Å². The number of rotatable bonds is 7. The van der Waals surface area contributed by atoms with Crippen LogP contribution in [0.1, 0.15) is 37.8 Å². The van der Waals surface area contributed by atoms with E-state index in [1.807, 2.05) is 13.8 Å². The van der Waals surface area contributed by atoms with Gasteiger partial charge >= 0.3 is 12.1 Å². The van der Waals surface area contributed by atoms with E-state index in [1.165, 1.54) is 12.1 Å². The van der Waals surface area contributed by atoms with Crippen molar-refractivity contribution in [3.05, 3.63) is 35.4 Å². The number of benzene rings is 1. The number of nitrogens with one attached hydrogen (secondary N) is 1. The Hall–Kier alpha value is -1.56. The molecule has 0 saturated carbocycles. The summed E-state index contributed by atoms with van der Waals surface area (Å²) in [5.41, 5.74) is 0.0601. The maximum Gasteiger partial charge on any atom is 0.416 e. The minimum Gasteiger partial charge on any atom is -0.480 e. The molecule has 0 aliphatic carbocycles. The lowest BCUT2D eigenvalue weighted by molar-refractivity contribution is -0.140. The maximum absolute atomic E-state index is 12.5. The molecule has 0 saturated heterocycles. The Morgan fingerprint density at radius 1 is 1.29 bits per heavy atom. The number of carboxylic acids is 1. The minimum atomic E-state index is -4.34. The molecule has 0 fully saturated rings. The zero-order valence-corrected chi connectivity index (χ0v) is 12.1. The van der Waals surface area contributed by atoms with Crippen molar-refractivity contribution < 1.29 is 23.1 Å². The Labute approximate surface area is 122 Å². The van der Waals surface area contributed by atoms with Crippen molar-refractivity contribution in [1.82, 2.24) is 5.32 Å². The van der Waals surface area contributed by atoms with Crippen LogP contribution >= 0.6 is 0 Å². The topological polar surface area (TPSA) is 49.3 Å². The molecule has 3 nitrogen and oxygen atoms in total. The van der Waals surface area contributed by atoms with Gasteiger partial charge in [-0.15, -0.1) is 0 Å². The van der Waals surface area contributed by atoms with Gasteiger partial charge in [-0.25, -0.2) is 0 Å². The van der Waals surface area contributed by atoms with Crippen LogP contribution in [0, 0.1) is 0 Å². The monoisotopic (exact) mass is 303 g/mol. The summed E-state index contributed by atoms with van der Waals surface area (Å²) < 4.78 is 37.4. The third kappa shape index (κ3) is 5.75. The average molecular weight is 303 g/mol. The van der Waals surface area contributed by atoms with Crippen LogP contribution in [0.4, 0.5) is 13.2 Å². The molecule has 0 spiro atoms. The van der Waals surface area contributed by atoms with E-state index < -0.39 is 23.8 Å². The molecule has 0 bridgehead atoms. The molecule has 0 aliphatic rings. The lowest BCUT2D eigenvalue weighted by atomic mass is 10.0. The molecular weight excluding hydrogens is 283 g/mol. The fraction of sp³-hybridized carbons (Fsp3) is 0.533. The maximum atomic E-state index is 12.5.